The molecule has 3 nitrogen and oxygen atoms in total. The Labute approximate surface area is 99.1 Å². The summed E-state index contributed by atoms with van der Waals surface area (Å²) in [6.45, 7) is 12.2. The van der Waals surface area contributed by atoms with Gasteiger partial charge in [-0.15, -0.1) is 0 Å². The molecule has 0 spiro atoms. The summed E-state index contributed by atoms with van der Waals surface area (Å²) in [5.74, 6) is 0.613. The lowest BCUT2D eigenvalue weighted by atomic mass is 9.98. The van der Waals surface area contributed by atoms with Gasteiger partial charge in [0, 0.05) is 12.1 Å². The Morgan fingerprint density at radius 3 is 2.31 bits per heavy atom. The lowest BCUT2D eigenvalue weighted by Gasteiger charge is -2.30. The van der Waals surface area contributed by atoms with Gasteiger partial charge in [-0.25, -0.2) is 4.79 Å². The minimum Gasteiger partial charge on any atom is -0.444 e. The van der Waals surface area contributed by atoms with Gasteiger partial charge in [-0.2, -0.15) is 0 Å². The van der Waals surface area contributed by atoms with E-state index in [0.717, 1.165) is 12.8 Å². The highest BCUT2D eigenvalue weighted by molar-refractivity contribution is 5.69. The number of nitrogens with zero attached hydrogens (tertiary/aromatic N) is 1. The summed E-state index contributed by atoms with van der Waals surface area (Å²) in [5, 5.41) is 0. The van der Waals surface area contributed by atoms with Crippen LogP contribution >= 0.6 is 0 Å². The van der Waals surface area contributed by atoms with Crippen molar-refractivity contribution in [3.05, 3.63) is 0 Å². The lowest BCUT2D eigenvalue weighted by Crippen LogP contribution is -2.43. The third-order valence-corrected chi connectivity index (χ3v) is 3.37. The van der Waals surface area contributed by atoms with Crippen molar-refractivity contribution in [1.82, 2.24) is 4.90 Å². The average Bonchev–Trinajstić information content (AvgIpc) is 2.38. The highest BCUT2D eigenvalue weighted by Crippen LogP contribution is 2.32. The number of amides is 1. The molecule has 0 bridgehead atoms. The van der Waals surface area contributed by atoms with E-state index in [1.165, 1.54) is 0 Å². The van der Waals surface area contributed by atoms with Crippen LogP contribution in [0.2, 0.25) is 0 Å². The average molecular weight is 227 g/mol. The third-order valence-electron chi connectivity index (χ3n) is 3.37. The second-order valence-corrected chi connectivity index (χ2v) is 5.88. The molecule has 1 heterocycles. The summed E-state index contributed by atoms with van der Waals surface area (Å²) in [7, 11) is 0. The van der Waals surface area contributed by atoms with Gasteiger partial charge < -0.3 is 9.64 Å². The topological polar surface area (TPSA) is 29.5 Å². The van der Waals surface area contributed by atoms with Crippen molar-refractivity contribution in [2.75, 3.05) is 0 Å². The highest BCUT2D eigenvalue weighted by Gasteiger charge is 2.39. The maximum Gasteiger partial charge on any atom is 0.410 e. The van der Waals surface area contributed by atoms with Crippen LogP contribution in [0.4, 0.5) is 4.79 Å². The Morgan fingerprint density at radius 2 is 1.94 bits per heavy atom. The molecule has 1 amide bonds. The lowest BCUT2D eigenvalue weighted by molar-refractivity contribution is 0.0160. The quantitative estimate of drug-likeness (QED) is 0.687. The maximum absolute atomic E-state index is 12.0. The second-order valence-electron chi connectivity index (χ2n) is 5.88. The Hall–Kier alpha value is -0.730. The van der Waals surface area contributed by atoms with Crippen LogP contribution in [0.25, 0.3) is 0 Å². The van der Waals surface area contributed by atoms with E-state index in [4.69, 9.17) is 4.74 Å². The number of rotatable bonds is 1. The summed E-state index contributed by atoms with van der Waals surface area (Å²) in [6, 6.07) is 0.602. The van der Waals surface area contributed by atoms with E-state index in [1.807, 2.05) is 25.7 Å². The van der Waals surface area contributed by atoms with Crippen LogP contribution in [0.5, 0.6) is 0 Å². The van der Waals surface area contributed by atoms with Gasteiger partial charge in [0.05, 0.1) is 0 Å². The standard InChI is InChI=1S/C13H25NO2/c1-7-11-8-9(2)14(10(11)3)12(15)16-13(4,5)6/h9-11H,7-8H2,1-6H3. The first-order chi connectivity index (χ1) is 7.26. The molecule has 94 valence electrons. The number of carbonyl (C=O) groups excluding carboxylic acids is 1. The van der Waals surface area contributed by atoms with Crippen LogP contribution in [0.1, 0.15) is 54.4 Å². The predicted octanol–water partition coefficient (Wildman–Crippen LogP) is 3.43. The van der Waals surface area contributed by atoms with Crippen LogP contribution < -0.4 is 0 Å². The molecule has 1 aliphatic heterocycles. The van der Waals surface area contributed by atoms with Crippen molar-refractivity contribution in [3.8, 4) is 0 Å². The number of hydrogen-bond acceptors (Lipinski definition) is 2. The minimum absolute atomic E-state index is 0.163. The second kappa shape index (κ2) is 4.64. The van der Waals surface area contributed by atoms with Gasteiger partial charge in [-0.3, -0.25) is 0 Å². The number of carbonyl (C=O) groups is 1. The highest BCUT2D eigenvalue weighted by atomic mass is 16.6. The largest absolute Gasteiger partial charge is 0.444 e. The van der Waals surface area contributed by atoms with Gasteiger partial charge in [0.25, 0.3) is 0 Å². The first kappa shape index (κ1) is 13.3. The molecule has 1 rings (SSSR count). The van der Waals surface area contributed by atoms with E-state index in [2.05, 4.69) is 20.8 Å². The molecule has 1 fully saturated rings. The van der Waals surface area contributed by atoms with Crippen molar-refractivity contribution in [2.24, 2.45) is 5.92 Å². The molecule has 0 saturated carbocycles. The van der Waals surface area contributed by atoms with E-state index in [1.54, 1.807) is 0 Å². The SMILES string of the molecule is CCC1CC(C)N(C(=O)OC(C)(C)C)C1C. The number of hydrogen-bond donors (Lipinski definition) is 0. The monoisotopic (exact) mass is 227 g/mol. The molecule has 3 atom stereocenters. The smallest absolute Gasteiger partial charge is 0.410 e. The predicted molar refractivity (Wildman–Crippen MR) is 65.4 cm³/mol. The van der Waals surface area contributed by atoms with E-state index >= 15 is 0 Å². The molecule has 0 aromatic heterocycles. The summed E-state index contributed by atoms with van der Waals surface area (Å²) < 4.78 is 5.44. The molecule has 1 aliphatic rings. The first-order valence-corrected chi connectivity index (χ1v) is 6.27. The van der Waals surface area contributed by atoms with Crippen molar-refractivity contribution in [3.63, 3.8) is 0 Å². The Morgan fingerprint density at radius 1 is 1.38 bits per heavy atom. The Kier molecular flexibility index (Phi) is 3.87. The zero-order valence-electron chi connectivity index (χ0n) is 11.4. The van der Waals surface area contributed by atoms with Crippen LogP contribution in [0, 0.1) is 5.92 Å². The zero-order valence-corrected chi connectivity index (χ0v) is 11.4. The van der Waals surface area contributed by atoms with Crippen LogP contribution in [-0.4, -0.2) is 28.7 Å². The van der Waals surface area contributed by atoms with Crippen LogP contribution in [-0.2, 0) is 4.74 Å². The molecular formula is C13H25NO2. The molecule has 3 unspecified atom stereocenters. The Bertz CT molecular complexity index is 257. The van der Waals surface area contributed by atoms with E-state index in [-0.39, 0.29) is 6.09 Å². The first-order valence-electron chi connectivity index (χ1n) is 6.27. The zero-order chi connectivity index (χ0) is 12.5. The fourth-order valence-electron chi connectivity index (χ4n) is 2.55. The Balaban J connectivity index is 2.69. The normalized spacial score (nSPS) is 30.6. The fourth-order valence-corrected chi connectivity index (χ4v) is 2.55. The summed E-state index contributed by atoms with van der Waals surface area (Å²) >= 11 is 0. The minimum atomic E-state index is -0.402. The number of ether oxygens (including phenoxy) is 1. The van der Waals surface area contributed by atoms with E-state index < -0.39 is 5.60 Å². The third kappa shape index (κ3) is 2.89. The molecule has 0 aliphatic carbocycles. The van der Waals surface area contributed by atoms with Crippen molar-refractivity contribution in [1.29, 1.82) is 0 Å². The van der Waals surface area contributed by atoms with Crippen LogP contribution in [0.3, 0.4) is 0 Å². The number of likely N-dealkylation sites (tertiary alicyclic amines) is 1. The van der Waals surface area contributed by atoms with Crippen molar-refractivity contribution < 1.29 is 9.53 Å². The van der Waals surface area contributed by atoms with Gasteiger partial charge in [0.2, 0.25) is 0 Å². The summed E-state index contributed by atoms with van der Waals surface area (Å²) in [5.41, 5.74) is -0.402. The molecular weight excluding hydrogens is 202 g/mol. The molecule has 0 radical (unpaired) electrons. The fraction of sp³-hybridized carbons (Fsp3) is 0.923. The molecule has 0 aromatic rings. The van der Waals surface area contributed by atoms with Crippen molar-refractivity contribution in [2.45, 2.75) is 72.1 Å². The van der Waals surface area contributed by atoms with Gasteiger partial charge in [-0.1, -0.05) is 13.3 Å². The van der Waals surface area contributed by atoms with Gasteiger partial charge in [0.15, 0.2) is 0 Å². The van der Waals surface area contributed by atoms with E-state index in [0.29, 0.717) is 18.0 Å². The van der Waals surface area contributed by atoms with Gasteiger partial charge >= 0.3 is 6.09 Å². The maximum atomic E-state index is 12.0. The molecule has 3 heteroatoms. The molecule has 0 N–H and O–H groups in total. The molecule has 1 saturated heterocycles. The molecule has 16 heavy (non-hydrogen) atoms. The van der Waals surface area contributed by atoms with Gasteiger partial charge in [0.1, 0.15) is 5.60 Å². The van der Waals surface area contributed by atoms with Crippen LogP contribution in [0.15, 0.2) is 0 Å². The van der Waals surface area contributed by atoms with Crippen molar-refractivity contribution >= 4 is 6.09 Å². The van der Waals surface area contributed by atoms with Gasteiger partial charge in [-0.05, 0) is 47.0 Å². The summed E-state index contributed by atoms with van der Waals surface area (Å²) in [6.07, 6.45) is 2.06. The summed E-state index contributed by atoms with van der Waals surface area (Å²) in [4.78, 5) is 13.9. The molecule has 0 aromatic carbocycles. The van der Waals surface area contributed by atoms with E-state index in [9.17, 15) is 4.79 Å².